The van der Waals surface area contributed by atoms with Crippen LogP contribution in [0.15, 0.2) is 40.7 Å². The minimum Gasteiger partial charge on any atom is -0.365 e. The molecule has 158 valence electrons. The van der Waals surface area contributed by atoms with Crippen molar-refractivity contribution in [1.82, 2.24) is 9.29 Å². The fourth-order valence-corrected chi connectivity index (χ4v) is 5.57. The highest BCUT2D eigenvalue weighted by molar-refractivity contribution is 7.89. The first-order valence-electron chi connectivity index (χ1n) is 9.11. The summed E-state index contributed by atoms with van der Waals surface area (Å²) in [7, 11) is -3.74. The predicted molar refractivity (Wildman–Crippen MR) is 111 cm³/mol. The lowest BCUT2D eigenvalue weighted by atomic mass is 10.2. The van der Waals surface area contributed by atoms with Crippen molar-refractivity contribution in [2.45, 2.75) is 11.8 Å². The van der Waals surface area contributed by atoms with E-state index in [4.69, 9.17) is 0 Å². The summed E-state index contributed by atoms with van der Waals surface area (Å²) in [4.78, 5) is 17.3. The lowest BCUT2D eigenvalue weighted by Crippen LogP contribution is -2.49. The third-order valence-electron chi connectivity index (χ3n) is 4.83. The van der Waals surface area contributed by atoms with Crippen LogP contribution in [0.4, 0.5) is 20.2 Å². The molecule has 1 aliphatic rings. The van der Waals surface area contributed by atoms with Crippen LogP contribution in [0.25, 0.3) is 10.2 Å². The SMILES string of the molecule is CC(=O)Nc1cc(F)cc(F)c1N1CCN(S(=O)(=O)c2ccc3scnc3c2)CC1. The van der Waals surface area contributed by atoms with Crippen molar-refractivity contribution in [1.29, 1.82) is 0 Å². The van der Waals surface area contributed by atoms with E-state index in [1.165, 1.54) is 22.6 Å². The van der Waals surface area contributed by atoms with Crippen molar-refractivity contribution >= 4 is 48.9 Å². The van der Waals surface area contributed by atoms with Gasteiger partial charge in [-0.25, -0.2) is 22.2 Å². The number of nitrogens with zero attached hydrogens (tertiary/aromatic N) is 3. The predicted octanol–water partition coefficient (Wildman–Crippen LogP) is 3.04. The van der Waals surface area contributed by atoms with Gasteiger partial charge < -0.3 is 10.2 Å². The van der Waals surface area contributed by atoms with Crippen LogP contribution in [-0.2, 0) is 14.8 Å². The van der Waals surface area contributed by atoms with Gasteiger partial charge in [0.1, 0.15) is 5.82 Å². The molecule has 11 heteroatoms. The number of rotatable bonds is 4. The number of amides is 1. The summed E-state index contributed by atoms with van der Waals surface area (Å²) < 4.78 is 56.4. The Labute approximate surface area is 176 Å². The van der Waals surface area contributed by atoms with Crippen molar-refractivity contribution < 1.29 is 22.0 Å². The quantitative estimate of drug-likeness (QED) is 0.658. The van der Waals surface area contributed by atoms with E-state index in [-0.39, 0.29) is 42.4 Å². The first kappa shape index (κ1) is 20.6. The van der Waals surface area contributed by atoms with Crippen molar-refractivity contribution in [3.8, 4) is 0 Å². The molecule has 1 N–H and O–H groups in total. The number of fused-ring (bicyclic) bond motifs is 1. The van der Waals surface area contributed by atoms with E-state index in [9.17, 15) is 22.0 Å². The number of aromatic nitrogens is 1. The van der Waals surface area contributed by atoms with E-state index >= 15 is 0 Å². The molecule has 0 saturated carbocycles. The van der Waals surface area contributed by atoms with Gasteiger partial charge in [0, 0.05) is 39.2 Å². The standard InChI is InChI=1S/C19H18F2N4O3S2/c1-12(26)23-17-9-13(20)8-15(21)19(17)24-4-6-25(7-5-24)30(27,28)14-2-3-18-16(10-14)22-11-29-18/h2-3,8-11H,4-7H2,1H3,(H,23,26). The minimum absolute atomic E-state index is 0.0188. The molecule has 4 rings (SSSR count). The lowest BCUT2D eigenvalue weighted by Gasteiger charge is -2.36. The minimum atomic E-state index is -3.74. The molecular formula is C19H18F2N4O3S2. The van der Waals surface area contributed by atoms with Crippen LogP contribution in [0.2, 0.25) is 0 Å². The van der Waals surface area contributed by atoms with Gasteiger partial charge in [0.05, 0.1) is 32.0 Å². The molecule has 30 heavy (non-hydrogen) atoms. The van der Waals surface area contributed by atoms with E-state index < -0.39 is 27.6 Å². The average molecular weight is 453 g/mol. The Morgan fingerprint density at radius 2 is 1.87 bits per heavy atom. The fraction of sp³-hybridized carbons (Fsp3) is 0.263. The molecular weight excluding hydrogens is 434 g/mol. The fourth-order valence-electron chi connectivity index (χ4n) is 3.47. The van der Waals surface area contributed by atoms with Crippen molar-refractivity contribution in [2.75, 3.05) is 36.4 Å². The van der Waals surface area contributed by atoms with Gasteiger partial charge in [0.25, 0.3) is 0 Å². The maximum absolute atomic E-state index is 14.5. The van der Waals surface area contributed by atoms with Gasteiger partial charge in [-0.05, 0) is 24.3 Å². The smallest absolute Gasteiger partial charge is 0.243 e. The second kappa shape index (κ2) is 7.89. The molecule has 1 amide bonds. The van der Waals surface area contributed by atoms with E-state index in [1.54, 1.807) is 28.6 Å². The molecule has 7 nitrogen and oxygen atoms in total. The number of carbonyl (C=O) groups is 1. The average Bonchev–Trinajstić information content (AvgIpc) is 3.15. The van der Waals surface area contributed by atoms with Crippen LogP contribution in [0.1, 0.15) is 6.92 Å². The molecule has 0 atom stereocenters. The van der Waals surface area contributed by atoms with Crippen molar-refractivity contribution in [3.05, 3.63) is 47.5 Å². The summed E-state index contributed by atoms with van der Waals surface area (Å²) >= 11 is 1.43. The Hall–Kier alpha value is -2.63. The first-order chi connectivity index (χ1) is 14.3. The highest BCUT2D eigenvalue weighted by Gasteiger charge is 2.31. The largest absolute Gasteiger partial charge is 0.365 e. The normalized spacial score (nSPS) is 15.5. The Kier molecular flexibility index (Phi) is 5.43. The molecule has 1 aliphatic heterocycles. The van der Waals surface area contributed by atoms with Crippen LogP contribution in [-0.4, -0.2) is 49.8 Å². The summed E-state index contributed by atoms with van der Waals surface area (Å²) in [6.45, 7) is 1.86. The molecule has 1 saturated heterocycles. The number of thiazole rings is 1. The van der Waals surface area contributed by atoms with Gasteiger partial charge in [0.15, 0.2) is 5.82 Å². The third kappa shape index (κ3) is 3.87. The number of halogens is 2. The summed E-state index contributed by atoms with van der Waals surface area (Å²) in [5, 5.41) is 2.44. The van der Waals surface area contributed by atoms with Crippen LogP contribution < -0.4 is 10.2 Å². The molecule has 1 fully saturated rings. The first-order valence-corrected chi connectivity index (χ1v) is 11.4. The second-order valence-corrected chi connectivity index (χ2v) is 9.66. The number of hydrogen-bond donors (Lipinski definition) is 1. The van der Waals surface area contributed by atoms with Gasteiger partial charge in [-0.1, -0.05) is 0 Å². The van der Waals surface area contributed by atoms with Crippen molar-refractivity contribution in [2.24, 2.45) is 0 Å². The Morgan fingerprint density at radius 1 is 1.13 bits per heavy atom. The monoisotopic (exact) mass is 452 g/mol. The number of benzene rings is 2. The molecule has 2 heterocycles. The molecule has 0 unspecified atom stereocenters. The highest BCUT2D eigenvalue weighted by Crippen LogP contribution is 2.32. The Balaban J connectivity index is 1.56. The van der Waals surface area contributed by atoms with Crippen molar-refractivity contribution in [3.63, 3.8) is 0 Å². The third-order valence-corrected chi connectivity index (χ3v) is 7.54. The van der Waals surface area contributed by atoms with E-state index in [2.05, 4.69) is 10.3 Å². The zero-order chi connectivity index (χ0) is 21.5. The maximum atomic E-state index is 14.5. The summed E-state index contributed by atoms with van der Waals surface area (Å²) in [5.41, 5.74) is 2.34. The molecule has 0 bridgehead atoms. The Morgan fingerprint density at radius 3 is 2.57 bits per heavy atom. The number of nitrogens with one attached hydrogen (secondary N) is 1. The number of piperazine rings is 1. The van der Waals surface area contributed by atoms with E-state index in [1.807, 2.05) is 0 Å². The van der Waals surface area contributed by atoms with Gasteiger partial charge >= 0.3 is 0 Å². The highest BCUT2D eigenvalue weighted by atomic mass is 32.2. The summed E-state index contributed by atoms with van der Waals surface area (Å²) in [5.74, 6) is -2.08. The second-order valence-electron chi connectivity index (χ2n) is 6.84. The van der Waals surface area contributed by atoms with Gasteiger partial charge in [0.2, 0.25) is 15.9 Å². The number of hydrogen-bond acceptors (Lipinski definition) is 6. The van der Waals surface area contributed by atoms with Crippen LogP contribution in [0, 0.1) is 11.6 Å². The Bertz CT molecular complexity index is 1220. The number of anilines is 2. The van der Waals surface area contributed by atoms with E-state index in [0.717, 1.165) is 16.8 Å². The maximum Gasteiger partial charge on any atom is 0.243 e. The van der Waals surface area contributed by atoms with Crippen LogP contribution in [0.3, 0.4) is 0 Å². The van der Waals surface area contributed by atoms with Crippen LogP contribution >= 0.6 is 11.3 Å². The lowest BCUT2D eigenvalue weighted by molar-refractivity contribution is -0.114. The zero-order valence-electron chi connectivity index (χ0n) is 15.9. The molecule has 0 spiro atoms. The number of sulfonamides is 1. The van der Waals surface area contributed by atoms with Gasteiger partial charge in [-0.15, -0.1) is 11.3 Å². The van der Waals surface area contributed by atoms with Gasteiger partial charge in [-0.2, -0.15) is 4.31 Å². The summed E-state index contributed by atoms with van der Waals surface area (Å²) in [6.07, 6.45) is 0. The molecule has 3 aromatic rings. The molecule has 0 aliphatic carbocycles. The summed E-state index contributed by atoms with van der Waals surface area (Å²) in [6, 6.07) is 6.61. The van der Waals surface area contributed by atoms with Gasteiger partial charge in [-0.3, -0.25) is 4.79 Å². The molecule has 0 radical (unpaired) electrons. The van der Waals surface area contributed by atoms with Crippen LogP contribution in [0.5, 0.6) is 0 Å². The number of carbonyl (C=O) groups excluding carboxylic acids is 1. The topological polar surface area (TPSA) is 82.6 Å². The molecule has 2 aromatic carbocycles. The van der Waals surface area contributed by atoms with E-state index in [0.29, 0.717) is 5.52 Å². The zero-order valence-corrected chi connectivity index (χ0v) is 17.6. The molecule has 1 aromatic heterocycles.